The molecule has 1 fully saturated rings. The van der Waals surface area contributed by atoms with Crippen molar-refractivity contribution in [1.29, 1.82) is 0 Å². The fourth-order valence-corrected chi connectivity index (χ4v) is 7.66. The fourth-order valence-electron chi connectivity index (χ4n) is 7.66. The molecule has 0 radical (unpaired) electrons. The molecule has 11 heteroatoms. The third kappa shape index (κ3) is 35.8. The van der Waals surface area contributed by atoms with E-state index in [-0.39, 0.29) is 18.5 Å². The molecular weight excluding hydrogens is 847 g/mol. The molecule has 7 atom stereocenters. The molecule has 11 nitrogen and oxygen atoms in total. The van der Waals surface area contributed by atoms with E-state index in [1.165, 1.54) is 64.2 Å². The quantitative estimate of drug-likeness (QED) is 0.0196. The number of amides is 1. The zero-order chi connectivity index (χ0) is 48.8. The van der Waals surface area contributed by atoms with Crippen LogP contribution in [0.4, 0.5) is 0 Å². The van der Waals surface area contributed by atoms with E-state index in [1.54, 1.807) is 6.08 Å². The maximum absolute atomic E-state index is 13.0. The van der Waals surface area contributed by atoms with Crippen LogP contribution in [0.15, 0.2) is 72.9 Å². The Morgan fingerprint density at radius 1 is 0.552 bits per heavy atom. The summed E-state index contributed by atoms with van der Waals surface area (Å²) in [5.74, 6) is -0.263. The highest BCUT2D eigenvalue weighted by Crippen LogP contribution is 2.22. The Morgan fingerprint density at radius 3 is 1.63 bits per heavy atom. The zero-order valence-electron chi connectivity index (χ0n) is 42.1. The van der Waals surface area contributed by atoms with Crippen LogP contribution >= 0.6 is 0 Å². The summed E-state index contributed by atoms with van der Waals surface area (Å²) in [6.45, 7) is 4.12. The number of hydrogen-bond donors (Lipinski definition) is 6. The molecule has 0 aromatic carbocycles. The second kappa shape index (κ2) is 45.5. The highest BCUT2D eigenvalue weighted by atomic mass is 16.7. The maximum Gasteiger partial charge on any atom is 0.305 e. The van der Waals surface area contributed by atoms with Crippen molar-refractivity contribution < 1.29 is 49.3 Å². The van der Waals surface area contributed by atoms with Crippen LogP contribution in [-0.4, -0.2) is 100 Å². The molecule has 6 N–H and O–H groups in total. The van der Waals surface area contributed by atoms with Crippen molar-refractivity contribution in [2.24, 2.45) is 0 Å². The molecule has 1 rings (SSSR count). The highest BCUT2D eigenvalue weighted by molar-refractivity contribution is 5.76. The van der Waals surface area contributed by atoms with Crippen molar-refractivity contribution >= 4 is 11.9 Å². The Hall–Kier alpha value is -2.90. The predicted octanol–water partition coefficient (Wildman–Crippen LogP) is 11.3. The van der Waals surface area contributed by atoms with Gasteiger partial charge < -0.3 is 45.1 Å². The van der Waals surface area contributed by atoms with Crippen molar-refractivity contribution in [1.82, 2.24) is 5.32 Å². The molecule has 0 aromatic heterocycles. The monoisotopic (exact) mass is 944 g/mol. The van der Waals surface area contributed by atoms with E-state index in [2.05, 4.69) is 79.9 Å². The first kappa shape index (κ1) is 62.1. The smallest absolute Gasteiger partial charge is 0.305 e. The molecule has 1 aliphatic heterocycles. The number of allylic oxidation sites excluding steroid dienone is 11. The normalized spacial score (nSPS) is 20.1. The van der Waals surface area contributed by atoms with Crippen molar-refractivity contribution in [3.8, 4) is 0 Å². The van der Waals surface area contributed by atoms with Crippen molar-refractivity contribution in [2.75, 3.05) is 19.8 Å². The van der Waals surface area contributed by atoms with Crippen LogP contribution < -0.4 is 5.32 Å². The highest BCUT2D eigenvalue weighted by Gasteiger charge is 2.44. The summed E-state index contributed by atoms with van der Waals surface area (Å²) in [6.07, 6.45) is 48.5. The Bertz CT molecular complexity index is 1340. The Balaban J connectivity index is 2.18. The third-order valence-electron chi connectivity index (χ3n) is 12.0. The number of carbonyl (C=O) groups is 2. The Morgan fingerprint density at radius 2 is 1.04 bits per heavy atom. The zero-order valence-corrected chi connectivity index (χ0v) is 42.1. The summed E-state index contributed by atoms with van der Waals surface area (Å²) in [5, 5.41) is 54.1. The van der Waals surface area contributed by atoms with E-state index in [9.17, 15) is 35.1 Å². The molecule has 0 aromatic rings. The topological polar surface area (TPSA) is 175 Å². The molecule has 1 heterocycles. The largest absolute Gasteiger partial charge is 0.466 e. The Kier molecular flexibility index (Phi) is 42.2. The van der Waals surface area contributed by atoms with Gasteiger partial charge in [0, 0.05) is 12.8 Å². The molecular formula is C56H97NO10. The molecule has 1 aliphatic rings. The lowest BCUT2D eigenvalue weighted by atomic mass is 9.99. The van der Waals surface area contributed by atoms with Crippen LogP contribution in [0.1, 0.15) is 206 Å². The fraction of sp³-hybridized carbons (Fsp3) is 0.750. The number of nitrogens with one attached hydrogen (secondary N) is 1. The summed E-state index contributed by atoms with van der Waals surface area (Å²) in [4.78, 5) is 25.0. The van der Waals surface area contributed by atoms with E-state index in [0.717, 1.165) is 109 Å². The first-order valence-corrected chi connectivity index (χ1v) is 26.7. The SMILES string of the molecule is CCC/C=C/CC/C=C/CC/C=C/C(O)C(COC1OC(CO)C(O)C(O)C1O)NC(=O)CCCCCCCCC/C=C\C/C=C\CCCCCOC(=O)CCCCCCC/C=C\CCCC. The van der Waals surface area contributed by atoms with Crippen LogP contribution in [0.2, 0.25) is 0 Å². The maximum atomic E-state index is 13.0. The van der Waals surface area contributed by atoms with E-state index < -0.39 is 49.5 Å². The van der Waals surface area contributed by atoms with Gasteiger partial charge in [0.1, 0.15) is 24.4 Å². The van der Waals surface area contributed by atoms with Crippen LogP contribution in [0.25, 0.3) is 0 Å². The minimum absolute atomic E-state index is 0.0462. The molecule has 1 amide bonds. The van der Waals surface area contributed by atoms with Crippen molar-refractivity contribution in [3.05, 3.63) is 72.9 Å². The average Bonchev–Trinajstić information content (AvgIpc) is 3.32. The van der Waals surface area contributed by atoms with Crippen LogP contribution in [0.5, 0.6) is 0 Å². The van der Waals surface area contributed by atoms with Gasteiger partial charge in [-0.15, -0.1) is 0 Å². The van der Waals surface area contributed by atoms with Gasteiger partial charge in [0.05, 0.1) is 32.0 Å². The second-order valence-corrected chi connectivity index (χ2v) is 18.2. The summed E-state index contributed by atoms with van der Waals surface area (Å²) >= 11 is 0. The van der Waals surface area contributed by atoms with Gasteiger partial charge >= 0.3 is 5.97 Å². The number of rotatable bonds is 44. The molecule has 0 saturated carbocycles. The first-order valence-electron chi connectivity index (χ1n) is 26.7. The number of hydrogen-bond acceptors (Lipinski definition) is 10. The Labute approximate surface area is 407 Å². The molecule has 7 unspecified atom stereocenters. The number of aliphatic hydroxyl groups is 5. The molecule has 0 aliphatic carbocycles. The van der Waals surface area contributed by atoms with Crippen molar-refractivity contribution in [3.63, 3.8) is 0 Å². The number of ether oxygens (including phenoxy) is 3. The second-order valence-electron chi connectivity index (χ2n) is 18.2. The van der Waals surface area contributed by atoms with Gasteiger partial charge in [0.15, 0.2) is 6.29 Å². The lowest BCUT2D eigenvalue weighted by Crippen LogP contribution is -2.60. The standard InChI is InChI=1S/C56H97NO10/c1-3-5-7-9-11-13-22-26-30-34-38-42-49(59)48(47-66-56-55(64)54(63)53(62)50(46-58)67-56)57-51(60)43-39-35-31-27-24-20-18-16-15-17-19-21-25-29-33-37-41-45-65-52(61)44-40-36-32-28-23-14-12-10-8-6-4-2/h7,9-10,12,15,17,21-22,25-26,38,42,48-50,53-56,58-59,62-64H,3-6,8,11,13-14,16,18-20,23-24,27-37,39-41,43-47H2,1-2H3,(H,57,60)/b9-7+,12-10-,17-15-,25-21-,26-22+,42-38+. The van der Waals surface area contributed by atoms with E-state index >= 15 is 0 Å². The molecule has 0 bridgehead atoms. The van der Waals surface area contributed by atoms with E-state index in [4.69, 9.17) is 14.2 Å². The van der Waals surface area contributed by atoms with Gasteiger partial charge in [-0.05, 0) is 109 Å². The molecule has 1 saturated heterocycles. The van der Waals surface area contributed by atoms with Gasteiger partial charge in [-0.1, -0.05) is 157 Å². The minimum atomic E-state index is -1.59. The molecule has 67 heavy (non-hydrogen) atoms. The van der Waals surface area contributed by atoms with E-state index in [1.807, 2.05) is 6.08 Å². The third-order valence-corrected chi connectivity index (χ3v) is 12.0. The van der Waals surface area contributed by atoms with Gasteiger partial charge in [-0.25, -0.2) is 0 Å². The number of carbonyl (C=O) groups excluding carboxylic acids is 2. The summed E-state index contributed by atoms with van der Waals surface area (Å²) < 4.78 is 16.6. The van der Waals surface area contributed by atoms with Gasteiger partial charge in [0.2, 0.25) is 5.91 Å². The lowest BCUT2D eigenvalue weighted by molar-refractivity contribution is -0.302. The van der Waals surface area contributed by atoms with Crippen molar-refractivity contribution in [2.45, 2.75) is 249 Å². The van der Waals surface area contributed by atoms with Crippen LogP contribution in [0, 0.1) is 0 Å². The number of aliphatic hydroxyl groups excluding tert-OH is 5. The molecule has 386 valence electrons. The summed E-state index contributed by atoms with van der Waals surface area (Å²) in [5.41, 5.74) is 0. The van der Waals surface area contributed by atoms with E-state index in [0.29, 0.717) is 25.9 Å². The number of esters is 1. The first-order chi connectivity index (χ1) is 32.7. The van der Waals surface area contributed by atoms with Gasteiger partial charge in [-0.3, -0.25) is 9.59 Å². The summed E-state index contributed by atoms with van der Waals surface area (Å²) in [6, 6.07) is -0.847. The predicted molar refractivity (Wildman–Crippen MR) is 273 cm³/mol. The van der Waals surface area contributed by atoms with Gasteiger partial charge in [-0.2, -0.15) is 0 Å². The van der Waals surface area contributed by atoms with Crippen LogP contribution in [-0.2, 0) is 23.8 Å². The van der Waals surface area contributed by atoms with Crippen LogP contribution in [0.3, 0.4) is 0 Å². The summed E-state index contributed by atoms with van der Waals surface area (Å²) in [7, 11) is 0. The average molecular weight is 944 g/mol. The molecule has 0 spiro atoms. The minimum Gasteiger partial charge on any atom is -0.466 e. The number of unbranched alkanes of at least 4 members (excludes halogenated alkanes) is 20. The van der Waals surface area contributed by atoms with Gasteiger partial charge in [0.25, 0.3) is 0 Å². The lowest BCUT2D eigenvalue weighted by Gasteiger charge is -2.40.